The summed E-state index contributed by atoms with van der Waals surface area (Å²) in [5.41, 5.74) is 1.92. The molecule has 1 aliphatic rings. The van der Waals surface area contributed by atoms with Crippen LogP contribution in [0.1, 0.15) is 33.5 Å². The van der Waals surface area contributed by atoms with Crippen LogP contribution in [-0.4, -0.2) is 39.7 Å². The first-order chi connectivity index (χ1) is 12.6. The fourth-order valence-electron chi connectivity index (χ4n) is 2.97. The van der Waals surface area contributed by atoms with E-state index in [-0.39, 0.29) is 30.1 Å². The molecule has 3 heterocycles. The molecular formula is C17H16FN5O3. The molecular weight excluding hydrogens is 341 g/mol. The molecule has 0 fully saturated rings. The Bertz CT molecular complexity index is 934. The molecule has 1 amide bonds. The Hall–Kier alpha value is -3.07. The van der Waals surface area contributed by atoms with Gasteiger partial charge in [-0.25, -0.2) is 9.37 Å². The van der Waals surface area contributed by atoms with Gasteiger partial charge in [-0.05, 0) is 24.1 Å². The van der Waals surface area contributed by atoms with E-state index in [9.17, 15) is 9.18 Å². The Kier molecular flexibility index (Phi) is 4.21. The Morgan fingerprint density at radius 2 is 2.12 bits per heavy atom. The van der Waals surface area contributed by atoms with Crippen molar-refractivity contribution in [2.75, 3.05) is 13.7 Å². The fourth-order valence-corrected chi connectivity index (χ4v) is 2.97. The number of halogens is 1. The maximum Gasteiger partial charge on any atom is 0.293 e. The molecule has 0 bridgehead atoms. The van der Waals surface area contributed by atoms with Crippen molar-refractivity contribution in [3.8, 4) is 11.7 Å². The van der Waals surface area contributed by atoms with Crippen molar-refractivity contribution in [2.24, 2.45) is 0 Å². The Morgan fingerprint density at radius 3 is 2.88 bits per heavy atom. The van der Waals surface area contributed by atoms with E-state index in [4.69, 9.17) is 9.26 Å². The number of aromatic amines is 1. The Morgan fingerprint density at radius 1 is 1.31 bits per heavy atom. The van der Waals surface area contributed by atoms with Crippen LogP contribution in [0.25, 0.3) is 11.7 Å². The highest BCUT2D eigenvalue weighted by Gasteiger charge is 2.27. The van der Waals surface area contributed by atoms with Crippen molar-refractivity contribution in [1.82, 2.24) is 25.4 Å². The Labute approximate surface area is 147 Å². The first kappa shape index (κ1) is 16.4. The van der Waals surface area contributed by atoms with Gasteiger partial charge in [-0.15, -0.1) is 0 Å². The molecule has 134 valence electrons. The van der Waals surface area contributed by atoms with Crippen molar-refractivity contribution >= 4 is 5.91 Å². The van der Waals surface area contributed by atoms with Gasteiger partial charge >= 0.3 is 0 Å². The number of fused-ring (bicyclic) bond motifs is 1. The minimum absolute atomic E-state index is 0.000776. The topological polar surface area (TPSA) is 106 Å². The molecule has 8 nitrogen and oxygen atoms in total. The zero-order valence-electron chi connectivity index (χ0n) is 14.0. The SMILES string of the molecule is COCc1noc(-c2nc3c([nH]2)CC(c2ccc(F)cc2)CNC3=O)n1. The number of benzene rings is 1. The van der Waals surface area contributed by atoms with Crippen LogP contribution in [0.5, 0.6) is 0 Å². The van der Waals surface area contributed by atoms with Crippen LogP contribution in [0, 0.1) is 5.82 Å². The molecule has 0 saturated carbocycles. The molecule has 26 heavy (non-hydrogen) atoms. The molecule has 2 aromatic heterocycles. The van der Waals surface area contributed by atoms with E-state index in [0.717, 1.165) is 5.56 Å². The smallest absolute Gasteiger partial charge is 0.293 e. The van der Waals surface area contributed by atoms with Gasteiger partial charge in [0.1, 0.15) is 18.1 Å². The number of nitrogens with zero attached hydrogens (tertiary/aromatic N) is 3. The van der Waals surface area contributed by atoms with Crippen molar-refractivity contribution in [1.29, 1.82) is 0 Å². The third-order valence-electron chi connectivity index (χ3n) is 4.24. The van der Waals surface area contributed by atoms with E-state index in [1.54, 1.807) is 12.1 Å². The number of amides is 1. The molecule has 9 heteroatoms. The molecule has 0 spiro atoms. The third-order valence-corrected chi connectivity index (χ3v) is 4.24. The zero-order valence-corrected chi connectivity index (χ0v) is 14.0. The van der Waals surface area contributed by atoms with Crippen LogP contribution in [-0.2, 0) is 17.8 Å². The van der Waals surface area contributed by atoms with E-state index in [0.29, 0.717) is 36.0 Å². The van der Waals surface area contributed by atoms with Crippen molar-refractivity contribution in [3.63, 3.8) is 0 Å². The second-order valence-corrected chi connectivity index (χ2v) is 6.02. The van der Waals surface area contributed by atoms with Gasteiger partial charge in [0.25, 0.3) is 11.8 Å². The molecule has 0 radical (unpaired) electrons. The number of carbonyl (C=O) groups excluding carboxylic acids is 1. The maximum absolute atomic E-state index is 13.2. The van der Waals surface area contributed by atoms with Crippen LogP contribution >= 0.6 is 0 Å². The van der Waals surface area contributed by atoms with Crippen LogP contribution in [0.15, 0.2) is 28.8 Å². The van der Waals surface area contributed by atoms with Gasteiger partial charge in [-0.3, -0.25) is 4.79 Å². The number of aromatic nitrogens is 4. The molecule has 0 saturated heterocycles. The summed E-state index contributed by atoms with van der Waals surface area (Å²) in [6.45, 7) is 0.666. The number of hydrogen-bond donors (Lipinski definition) is 2. The fraction of sp³-hybridized carbons (Fsp3) is 0.294. The highest BCUT2D eigenvalue weighted by atomic mass is 19.1. The number of ether oxygens (including phenoxy) is 1. The molecule has 4 rings (SSSR count). The molecule has 1 atom stereocenters. The molecule has 1 aliphatic heterocycles. The summed E-state index contributed by atoms with van der Waals surface area (Å²) in [5, 5.41) is 6.64. The second-order valence-electron chi connectivity index (χ2n) is 6.02. The van der Waals surface area contributed by atoms with Gasteiger partial charge in [0.05, 0.1) is 0 Å². The van der Waals surface area contributed by atoms with Crippen molar-refractivity contribution in [3.05, 3.63) is 52.9 Å². The van der Waals surface area contributed by atoms with Crippen LogP contribution in [0.4, 0.5) is 4.39 Å². The number of hydrogen-bond acceptors (Lipinski definition) is 6. The van der Waals surface area contributed by atoms with E-state index in [1.165, 1.54) is 19.2 Å². The standard InChI is InChI=1S/C17H16FN5O3/c1-25-8-13-21-17(26-23-13)15-20-12-6-10(7-19-16(24)14(12)22-15)9-2-4-11(18)5-3-9/h2-5,10H,6-8H2,1H3,(H,19,24)(H,20,22). The number of H-pyrrole nitrogens is 1. The first-order valence-corrected chi connectivity index (χ1v) is 8.08. The third kappa shape index (κ3) is 3.08. The second kappa shape index (κ2) is 6.68. The number of imidazole rings is 1. The predicted octanol–water partition coefficient (Wildman–Crippen LogP) is 1.81. The van der Waals surface area contributed by atoms with Crippen molar-refractivity contribution < 1.29 is 18.4 Å². The summed E-state index contributed by atoms with van der Waals surface area (Å²) >= 11 is 0. The van der Waals surface area contributed by atoms with Gasteiger partial charge in [-0.1, -0.05) is 17.3 Å². The average molecular weight is 357 g/mol. The van der Waals surface area contributed by atoms with Gasteiger partial charge in [0, 0.05) is 25.3 Å². The summed E-state index contributed by atoms with van der Waals surface area (Å²) in [5.74, 6) is 0.350. The highest BCUT2D eigenvalue weighted by molar-refractivity contribution is 5.94. The number of carbonyl (C=O) groups is 1. The number of rotatable bonds is 4. The average Bonchev–Trinajstić information content (AvgIpc) is 3.23. The van der Waals surface area contributed by atoms with Gasteiger partial charge in [-0.2, -0.15) is 4.98 Å². The number of methoxy groups -OCH3 is 1. The van der Waals surface area contributed by atoms with Gasteiger partial charge in [0.15, 0.2) is 11.6 Å². The predicted molar refractivity (Wildman–Crippen MR) is 87.8 cm³/mol. The quantitative estimate of drug-likeness (QED) is 0.738. The molecule has 1 unspecified atom stereocenters. The number of nitrogens with one attached hydrogen (secondary N) is 2. The minimum atomic E-state index is -0.292. The van der Waals surface area contributed by atoms with E-state index in [2.05, 4.69) is 25.4 Å². The van der Waals surface area contributed by atoms with E-state index < -0.39 is 0 Å². The normalized spacial score (nSPS) is 16.8. The lowest BCUT2D eigenvalue weighted by atomic mass is 9.94. The summed E-state index contributed by atoms with van der Waals surface area (Å²) < 4.78 is 23.3. The molecule has 1 aromatic carbocycles. The summed E-state index contributed by atoms with van der Waals surface area (Å²) in [4.78, 5) is 23.9. The van der Waals surface area contributed by atoms with Crippen LogP contribution in [0.2, 0.25) is 0 Å². The van der Waals surface area contributed by atoms with Gasteiger partial charge in [0.2, 0.25) is 0 Å². The summed E-state index contributed by atoms with van der Waals surface area (Å²) in [6.07, 6.45) is 0.547. The van der Waals surface area contributed by atoms with Gasteiger partial charge < -0.3 is 19.6 Å². The lowest BCUT2D eigenvalue weighted by Gasteiger charge is -2.14. The lowest BCUT2D eigenvalue weighted by molar-refractivity contribution is 0.0950. The Balaban J connectivity index is 1.64. The highest BCUT2D eigenvalue weighted by Crippen LogP contribution is 2.26. The molecule has 3 aromatic rings. The van der Waals surface area contributed by atoms with E-state index in [1.807, 2.05) is 0 Å². The monoisotopic (exact) mass is 357 g/mol. The van der Waals surface area contributed by atoms with Crippen molar-refractivity contribution in [2.45, 2.75) is 18.9 Å². The lowest BCUT2D eigenvalue weighted by Crippen LogP contribution is -2.26. The van der Waals surface area contributed by atoms with E-state index >= 15 is 0 Å². The maximum atomic E-state index is 13.2. The molecule has 0 aliphatic carbocycles. The minimum Gasteiger partial charge on any atom is -0.377 e. The largest absolute Gasteiger partial charge is 0.377 e. The summed E-state index contributed by atoms with van der Waals surface area (Å²) in [6, 6.07) is 6.28. The van der Waals surface area contributed by atoms with Crippen LogP contribution < -0.4 is 5.32 Å². The van der Waals surface area contributed by atoms with Crippen LogP contribution in [0.3, 0.4) is 0 Å². The molecule has 2 N–H and O–H groups in total. The summed E-state index contributed by atoms with van der Waals surface area (Å²) in [7, 11) is 1.53. The first-order valence-electron chi connectivity index (χ1n) is 8.08. The zero-order chi connectivity index (χ0) is 18.1.